The first-order chi connectivity index (χ1) is 12.7. The van der Waals surface area contributed by atoms with Crippen molar-refractivity contribution < 1.29 is 9.21 Å². The number of rotatable bonds is 4. The lowest BCUT2D eigenvalue weighted by atomic mass is 9.78. The van der Waals surface area contributed by atoms with Gasteiger partial charge in [-0.05, 0) is 50.7 Å². The van der Waals surface area contributed by atoms with Crippen LogP contribution in [0.25, 0.3) is 11.5 Å². The van der Waals surface area contributed by atoms with E-state index in [9.17, 15) is 4.79 Å². The van der Waals surface area contributed by atoms with E-state index in [1.165, 1.54) is 43.9 Å². The average Bonchev–Trinajstić information content (AvgIpc) is 3.15. The number of nitrogens with zero attached hydrogens (tertiary/aromatic N) is 3. The zero-order chi connectivity index (χ0) is 17.9. The van der Waals surface area contributed by atoms with Gasteiger partial charge in [0.15, 0.2) is 0 Å². The summed E-state index contributed by atoms with van der Waals surface area (Å²) in [5, 5.41) is 8.68. The van der Waals surface area contributed by atoms with Crippen LogP contribution in [-0.2, 0) is 4.79 Å². The van der Waals surface area contributed by atoms with Crippen molar-refractivity contribution in [1.29, 1.82) is 0 Å². The molecule has 4 rings (SSSR count). The molecule has 0 spiro atoms. The van der Waals surface area contributed by atoms with Crippen LogP contribution in [-0.4, -0.2) is 39.3 Å². The number of carbonyl (C=O) groups is 1. The first-order valence-corrected chi connectivity index (χ1v) is 10.5. The SMILES string of the molecule is Cc1cccc(-c2nnc(SCC(=O)N3CCC[C@H]4CCCC[C@@H]43)o2)c1. The highest BCUT2D eigenvalue weighted by Crippen LogP contribution is 2.35. The highest BCUT2D eigenvalue weighted by Gasteiger charge is 2.35. The fraction of sp³-hybridized carbons (Fsp3) is 0.550. The largest absolute Gasteiger partial charge is 0.411 e. The Morgan fingerprint density at radius 2 is 2.08 bits per heavy atom. The Morgan fingerprint density at radius 1 is 1.23 bits per heavy atom. The molecule has 0 unspecified atom stereocenters. The zero-order valence-corrected chi connectivity index (χ0v) is 16.0. The summed E-state index contributed by atoms with van der Waals surface area (Å²) in [5.74, 6) is 1.80. The van der Waals surface area contributed by atoms with E-state index in [1.807, 2.05) is 31.2 Å². The fourth-order valence-electron chi connectivity index (χ4n) is 4.30. The van der Waals surface area contributed by atoms with Gasteiger partial charge >= 0.3 is 0 Å². The van der Waals surface area contributed by atoms with Crippen molar-refractivity contribution in [3.8, 4) is 11.5 Å². The van der Waals surface area contributed by atoms with Crippen LogP contribution in [0.1, 0.15) is 44.1 Å². The second-order valence-electron chi connectivity index (χ2n) is 7.37. The Hall–Kier alpha value is -1.82. The molecule has 1 aliphatic heterocycles. The molecule has 1 saturated carbocycles. The minimum Gasteiger partial charge on any atom is -0.411 e. The van der Waals surface area contributed by atoms with Gasteiger partial charge in [0.25, 0.3) is 5.22 Å². The van der Waals surface area contributed by atoms with Gasteiger partial charge in [-0.25, -0.2) is 0 Å². The van der Waals surface area contributed by atoms with E-state index in [4.69, 9.17) is 4.42 Å². The summed E-state index contributed by atoms with van der Waals surface area (Å²) in [6, 6.07) is 8.44. The van der Waals surface area contributed by atoms with Crippen LogP contribution in [0, 0.1) is 12.8 Å². The number of likely N-dealkylation sites (tertiary alicyclic amines) is 1. The van der Waals surface area contributed by atoms with Crippen molar-refractivity contribution in [1.82, 2.24) is 15.1 Å². The van der Waals surface area contributed by atoms with Gasteiger partial charge in [0.1, 0.15) is 0 Å². The minimum atomic E-state index is 0.210. The first kappa shape index (κ1) is 17.6. The van der Waals surface area contributed by atoms with Gasteiger partial charge in [-0.1, -0.05) is 42.3 Å². The number of thioether (sulfide) groups is 1. The summed E-state index contributed by atoms with van der Waals surface area (Å²) >= 11 is 1.35. The number of aromatic nitrogens is 2. The van der Waals surface area contributed by atoms with Crippen LogP contribution in [0.5, 0.6) is 0 Å². The Morgan fingerprint density at radius 3 is 2.96 bits per heavy atom. The van der Waals surface area contributed by atoms with Gasteiger partial charge in [-0.15, -0.1) is 10.2 Å². The summed E-state index contributed by atoms with van der Waals surface area (Å²) in [6.07, 6.45) is 7.44. The number of fused-ring (bicyclic) bond motifs is 1. The zero-order valence-electron chi connectivity index (χ0n) is 15.2. The first-order valence-electron chi connectivity index (χ1n) is 9.53. The lowest BCUT2D eigenvalue weighted by Crippen LogP contribution is -2.50. The fourth-order valence-corrected chi connectivity index (χ4v) is 4.95. The topological polar surface area (TPSA) is 59.2 Å². The summed E-state index contributed by atoms with van der Waals surface area (Å²) in [6.45, 7) is 2.93. The van der Waals surface area contributed by atoms with Crippen molar-refractivity contribution in [2.45, 2.75) is 56.7 Å². The number of hydrogen-bond acceptors (Lipinski definition) is 5. The highest BCUT2D eigenvalue weighted by atomic mass is 32.2. The molecular weight excluding hydrogens is 346 g/mol. The van der Waals surface area contributed by atoms with Gasteiger partial charge in [-0.2, -0.15) is 0 Å². The van der Waals surface area contributed by atoms with Gasteiger partial charge in [0, 0.05) is 18.2 Å². The third-order valence-corrected chi connectivity index (χ3v) is 6.36. The molecule has 0 radical (unpaired) electrons. The molecule has 1 aromatic carbocycles. The standard InChI is InChI=1S/C20H25N3O2S/c1-14-6-4-8-16(12-14)19-21-22-20(25-19)26-13-18(24)23-11-5-9-15-7-2-3-10-17(15)23/h4,6,8,12,15,17H,2-3,5,7,9-11,13H2,1H3/t15-,17+/m1/s1. The quantitative estimate of drug-likeness (QED) is 0.749. The molecule has 2 heterocycles. The van der Waals surface area contributed by atoms with Crippen molar-refractivity contribution in [2.75, 3.05) is 12.3 Å². The number of aryl methyl sites for hydroxylation is 1. The Labute approximate surface area is 158 Å². The monoisotopic (exact) mass is 371 g/mol. The predicted molar refractivity (Wildman–Crippen MR) is 102 cm³/mol. The third-order valence-electron chi connectivity index (χ3n) is 5.55. The molecule has 2 aromatic rings. The molecule has 6 heteroatoms. The van der Waals surface area contributed by atoms with Crippen molar-refractivity contribution in [2.24, 2.45) is 5.92 Å². The molecule has 0 bridgehead atoms. The summed E-state index contributed by atoms with van der Waals surface area (Å²) in [4.78, 5) is 14.9. The van der Waals surface area contributed by atoms with Crippen molar-refractivity contribution >= 4 is 17.7 Å². The number of hydrogen-bond donors (Lipinski definition) is 0. The van der Waals surface area contributed by atoms with E-state index in [-0.39, 0.29) is 5.91 Å². The van der Waals surface area contributed by atoms with Gasteiger partial charge in [-0.3, -0.25) is 4.79 Å². The summed E-state index contributed by atoms with van der Waals surface area (Å²) < 4.78 is 5.74. The molecule has 26 heavy (non-hydrogen) atoms. The van der Waals surface area contributed by atoms with Crippen LogP contribution < -0.4 is 0 Å². The van der Waals surface area contributed by atoms with E-state index in [0.29, 0.717) is 28.8 Å². The molecule has 2 atom stereocenters. The maximum absolute atomic E-state index is 12.8. The Balaban J connectivity index is 1.37. The lowest BCUT2D eigenvalue weighted by molar-refractivity contribution is -0.134. The summed E-state index contributed by atoms with van der Waals surface area (Å²) in [7, 11) is 0. The highest BCUT2D eigenvalue weighted by molar-refractivity contribution is 7.99. The number of amides is 1. The number of benzene rings is 1. The Bertz CT molecular complexity index is 774. The van der Waals surface area contributed by atoms with E-state index >= 15 is 0 Å². The van der Waals surface area contributed by atoms with Gasteiger partial charge in [0.05, 0.1) is 5.75 Å². The van der Waals surface area contributed by atoms with Crippen LogP contribution >= 0.6 is 11.8 Å². The Kier molecular flexibility index (Phi) is 5.29. The second kappa shape index (κ2) is 7.82. The number of carbonyl (C=O) groups excluding carboxylic acids is 1. The lowest BCUT2D eigenvalue weighted by Gasteiger charge is -2.44. The van der Waals surface area contributed by atoms with Gasteiger partial charge in [0.2, 0.25) is 11.8 Å². The van der Waals surface area contributed by atoms with Crippen molar-refractivity contribution in [3.05, 3.63) is 29.8 Å². The molecule has 1 amide bonds. The smallest absolute Gasteiger partial charge is 0.277 e. The molecule has 5 nitrogen and oxygen atoms in total. The maximum atomic E-state index is 12.8. The maximum Gasteiger partial charge on any atom is 0.277 e. The van der Waals surface area contributed by atoms with E-state index in [0.717, 1.165) is 24.1 Å². The molecule has 1 saturated heterocycles. The average molecular weight is 372 g/mol. The normalized spacial score (nSPS) is 22.9. The molecule has 138 valence electrons. The van der Waals surface area contributed by atoms with Gasteiger partial charge < -0.3 is 9.32 Å². The number of piperidine rings is 1. The van der Waals surface area contributed by atoms with E-state index in [1.54, 1.807) is 0 Å². The second-order valence-corrected chi connectivity index (χ2v) is 8.30. The molecule has 1 aromatic heterocycles. The third kappa shape index (κ3) is 3.80. The summed E-state index contributed by atoms with van der Waals surface area (Å²) in [5.41, 5.74) is 2.06. The molecule has 1 aliphatic carbocycles. The van der Waals surface area contributed by atoms with Crippen LogP contribution in [0.3, 0.4) is 0 Å². The van der Waals surface area contributed by atoms with Crippen LogP contribution in [0.4, 0.5) is 0 Å². The molecule has 2 aliphatic rings. The van der Waals surface area contributed by atoms with Crippen LogP contribution in [0.15, 0.2) is 33.9 Å². The minimum absolute atomic E-state index is 0.210. The predicted octanol–water partition coefficient (Wildman–Crippen LogP) is 4.32. The molecular formula is C20H25N3O2S. The van der Waals surface area contributed by atoms with Crippen LogP contribution in [0.2, 0.25) is 0 Å². The molecule has 0 N–H and O–H groups in total. The van der Waals surface area contributed by atoms with E-state index < -0.39 is 0 Å². The van der Waals surface area contributed by atoms with E-state index in [2.05, 4.69) is 15.1 Å². The van der Waals surface area contributed by atoms with Crippen molar-refractivity contribution in [3.63, 3.8) is 0 Å². The molecule has 2 fully saturated rings.